The predicted molar refractivity (Wildman–Crippen MR) is 105 cm³/mol. The van der Waals surface area contributed by atoms with Crippen LogP contribution in [-0.4, -0.2) is 46.1 Å². The van der Waals surface area contributed by atoms with Crippen molar-refractivity contribution in [3.05, 3.63) is 51.4 Å². The monoisotopic (exact) mass is 415 g/mol. The summed E-state index contributed by atoms with van der Waals surface area (Å²) in [5.41, 5.74) is 1.59. The lowest BCUT2D eigenvalue weighted by Crippen LogP contribution is -2.27. The van der Waals surface area contributed by atoms with Gasteiger partial charge in [-0.25, -0.2) is 0 Å². The largest absolute Gasteiger partial charge is 0.346 e. The summed E-state index contributed by atoms with van der Waals surface area (Å²) in [6.45, 7) is 3.05. The first-order chi connectivity index (χ1) is 14.2. The highest BCUT2D eigenvalue weighted by Crippen LogP contribution is 2.22. The lowest BCUT2D eigenvalue weighted by Gasteiger charge is -2.09. The fourth-order valence-corrected chi connectivity index (χ4v) is 3.06. The molecule has 0 aliphatic heterocycles. The second-order valence-corrected chi connectivity index (χ2v) is 6.72. The molecule has 0 atom stereocenters. The van der Waals surface area contributed by atoms with Crippen molar-refractivity contribution in [2.45, 2.75) is 26.9 Å². The van der Waals surface area contributed by atoms with Gasteiger partial charge < -0.3 is 10.6 Å². The van der Waals surface area contributed by atoms with E-state index in [2.05, 4.69) is 25.9 Å². The quantitative estimate of drug-likeness (QED) is 0.419. The molecule has 2 N–H and O–H groups in total. The van der Waals surface area contributed by atoms with Crippen LogP contribution in [0.3, 0.4) is 0 Å². The Labute approximate surface area is 170 Å². The molecule has 0 unspecified atom stereocenters. The van der Waals surface area contributed by atoms with Gasteiger partial charge in [0.05, 0.1) is 23.0 Å². The van der Waals surface area contributed by atoms with Gasteiger partial charge in [0, 0.05) is 32.4 Å². The highest BCUT2D eigenvalue weighted by molar-refractivity contribution is 6.02. The van der Waals surface area contributed by atoms with Crippen LogP contribution in [0.5, 0.6) is 0 Å². The van der Waals surface area contributed by atoms with E-state index in [4.69, 9.17) is 0 Å². The van der Waals surface area contributed by atoms with E-state index in [-0.39, 0.29) is 41.5 Å². The number of amides is 2. The molecule has 3 rings (SSSR count). The minimum Gasteiger partial charge on any atom is -0.346 e. The van der Waals surface area contributed by atoms with E-state index in [1.807, 2.05) is 0 Å². The van der Waals surface area contributed by atoms with E-state index in [0.717, 1.165) is 5.56 Å². The number of hydrogen-bond donors (Lipinski definition) is 2. The zero-order valence-corrected chi connectivity index (χ0v) is 16.9. The molecule has 30 heavy (non-hydrogen) atoms. The van der Waals surface area contributed by atoms with Crippen LogP contribution >= 0.6 is 0 Å². The average molecular weight is 415 g/mol. The number of aromatic nitrogens is 6. The van der Waals surface area contributed by atoms with Crippen molar-refractivity contribution in [1.82, 2.24) is 34.7 Å². The van der Waals surface area contributed by atoms with Gasteiger partial charge in [-0.1, -0.05) is 0 Å². The summed E-state index contributed by atoms with van der Waals surface area (Å²) in [5, 5.41) is 28.6. The normalized spacial score (nSPS) is 10.8. The van der Waals surface area contributed by atoms with Gasteiger partial charge in [-0.15, -0.1) is 0 Å². The number of nitrogens with zero attached hydrogens (tertiary/aromatic N) is 7. The number of hydrogen-bond acceptors (Lipinski definition) is 7. The smallest absolute Gasteiger partial charge is 0.312 e. The van der Waals surface area contributed by atoms with Crippen LogP contribution in [-0.2, 0) is 32.0 Å². The fraction of sp³-hybridized carbons (Fsp3) is 0.353. The summed E-state index contributed by atoms with van der Waals surface area (Å²) < 4.78 is 4.23. The van der Waals surface area contributed by atoms with Gasteiger partial charge in [-0.3, -0.25) is 33.7 Å². The minimum absolute atomic E-state index is 0.125. The Morgan fingerprint density at radius 2 is 1.93 bits per heavy atom. The summed E-state index contributed by atoms with van der Waals surface area (Å²) in [7, 11) is 3.36. The molecule has 0 fully saturated rings. The third-order valence-corrected chi connectivity index (χ3v) is 4.46. The molecule has 0 saturated carbocycles. The van der Waals surface area contributed by atoms with Crippen molar-refractivity contribution in [3.8, 4) is 0 Å². The Morgan fingerprint density at radius 1 is 1.20 bits per heavy atom. The molecular formula is C17H21N9O4. The molecule has 3 aromatic rings. The van der Waals surface area contributed by atoms with Crippen LogP contribution in [0.4, 0.5) is 11.4 Å². The maximum atomic E-state index is 12.6. The third-order valence-electron chi connectivity index (χ3n) is 4.46. The lowest BCUT2D eigenvalue weighted by molar-refractivity contribution is -0.386. The predicted octanol–water partition coefficient (Wildman–Crippen LogP) is 0.444. The first-order valence-corrected chi connectivity index (χ1v) is 8.93. The first-order valence-electron chi connectivity index (χ1n) is 8.93. The molecular weight excluding hydrogens is 394 g/mol. The molecule has 158 valence electrons. The Kier molecular flexibility index (Phi) is 5.62. The minimum atomic E-state index is -0.530. The van der Waals surface area contributed by atoms with Crippen molar-refractivity contribution in [3.63, 3.8) is 0 Å². The summed E-state index contributed by atoms with van der Waals surface area (Å²) in [6.07, 6.45) is 4.78. The van der Waals surface area contributed by atoms with E-state index in [0.29, 0.717) is 0 Å². The fourth-order valence-electron chi connectivity index (χ4n) is 3.06. The first kappa shape index (κ1) is 20.7. The summed E-state index contributed by atoms with van der Waals surface area (Å²) in [5.74, 6) is -0.916. The van der Waals surface area contributed by atoms with Crippen molar-refractivity contribution in [1.29, 1.82) is 0 Å². The summed E-state index contributed by atoms with van der Waals surface area (Å²) in [6, 6.07) is 0. The number of anilines is 1. The van der Waals surface area contributed by atoms with E-state index >= 15 is 0 Å². The molecule has 2 amide bonds. The van der Waals surface area contributed by atoms with E-state index in [9.17, 15) is 19.7 Å². The van der Waals surface area contributed by atoms with Crippen molar-refractivity contribution < 1.29 is 14.5 Å². The highest BCUT2D eigenvalue weighted by atomic mass is 16.6. The van der Waals surface area contributed by atoms with Gasteiger partial charge in [-0.05, 0) is 13.8 Å². The van der Waals surface area contributed by atoms with Crippen LogP contribution in [0.15, 0.2) is 18.6 Å². The molecule has 3 heterocycles. The van der Waals surface area contributed by atoms with Gasteiger partial charge in [0.25, 0.3) is 5.91 Å². The number of carbonyl (C=O) groups is 2. The standard InChI is InChI=1S/C17H21N9O4/c1-10-15(26(29)30)11(2)25(22-10)9-14(27)21-13-7-20-24(4)16(13)17(28)18-5-12-6-19-23(3)8-12/h6-8H,5,9H2,1-4H3,(H,18,28)(H,21,27). The van der Waals surface area contributed by atoms with Crippen molar-refractivity contribution in [2.75, 3.05) is 5.32 Å². The molecule has 13 heteroatoms. The number of nitrogens with one attached hydrogen (secondary N) is 2. The number of aryl methyl sites for hydroxylation is 3. The Bertz CT molecular complexity index is 1120. The summed E-state index contributed by atoms with van der Waals surface area (Å²) >= 11 is 0. The van der Waals surface area contributed by atoms with Crippen molar-refractivity contribution >= 4 is 23.2 Å². The Balaban J connectivity index is 1.70. The van der Waals surface area contributed by atoms with Crippen LogP contribution in [0, 0.1) is 24.0 Å². The van der Waals surface area contributed by atoms with Gasteiger partial charge >= 0.3 is 5.69 Å². The van der Waals surface area contributed by atoms with Crippen LogP contribution in [0.25, 0.3) is 0 Å². The van der Waals surface area contributed by atoms with Crippen molar-refractivity contribution in [2.24, 2.45) is 14.1 Å². The Hall–Kier alpha value is -4.03. The molecule has 0 aliphatic carbocycles. The van der Waals surface area contributed by atoms with Gasteiger partial charge in [-0.2, -0.15) is 15.3 Å². The summed E-state index contributed by atoms with van der Waals surface area (Å²) in [4.78, 5) is 35.7. The molecule has 3 aromatic heterocycles. The van der Waals surface area contributed by atoms with Gasteiger partial charge in [0.2, 0.25) is 5.91 Å². The van der Waals surface area contributed by atoms with E-state index in [1.54, 1.807) is 31.2 Å². The van der Waals surface area contributed by atoms with Gasteiger partial charge in [0.15, 0.2) is 0 Å². The third kappa shape index (κ3) is 4.19. The van der Waals surface area contributed by atoms with E-state index in [1.165, 1.54) is 29.4 Å². The van der Waals surface area contributed by atoms with Crippen LogP contribution in [0.2, 0.25) is 0 Å². The van der Waals surface area contributed by atoms with Crippen LogP contribution < -0.4 is 10.6 Å². The number of rotatable bonds is 7. The number of nitro groups is 1. The second-order valence-electron chi connectivity index (χ2n) is 6.72. The molecule has 0 aromatic carbocycles. The molecule has 0 bridgehead atoms. The maximum Gasteiger partial charge on any atom is 0.312 e. The lowest BCUT2D eigenvalue weighted by atomic mass is 10.3. The molecule has 0 radical (unpaired) electrons. The molecule has 0 spiro atoms. The molecule has 13 nitrogen and oxygen atoms in total. The SMILES string of the molecule is Cc1nn(CC(=O)Nc2cnn(C)c2C(=O)NCc2cnn(C)c2)c(C)c1[N+](=O)[O-]. The maximum absolute atomic E-state index is 12.6. The second kappa shape index (κ2) is 8.14. The average Bonchev–Trinajstić information content (AvgIpc) is 3.31. The topological polar surface area (TPSA) is 155 Å². The number of carbonyl (C=O) groups excluding carboxylic acids is 2. The molecule has 0 aliphatic rings. The van der Waals surface area contributed by atoms with Gasteiger partial charge in [0.1, 0.15) is 23.6 Å². The van der Waals surface area contributed by atoms with Crippen LogP contribution in [0.1, 0.15) is 27.4 Å². The van der Waals surface area contributed by atoms with E-state index < -0.39 is 16.7 Å². The zero-order chi connectivity index (χ0) is 22.0. The Morgan fingerprint density at radius 3 is 2.53 bits per heavy atom. The molecule has 0 saturated heterocycles. The highest BCUT2D eigenvalue weighted by Gasteiger charge is 2.24. The zero-order valence-electron chi connectivity index (χ0n) is 16.9.